The van der Waals surface area contributed by atoms with Gasteiger partial charge in [0.1, 0.15) is 17.6 Å². The molecule has 0 spiro atoms. The number of rotatable bonds is 10. The minimum absolute atomic E-state index is 0.0319. The van der Waals surface area contributed by atoms with E-state index >= 15 is 0 Å². The molecule has 2 aromatic rings. The van der Waals surface area contributed by atoms with Gasteiger partial charge >= 0.3 is 6.18 Å². The third-order valence-electron chi connectivity index (χ3n) is 5.52. The number of sulfonamides is 1. The molecule has 0 atom stereocenters. The molecule has 16 heteroatoms. The van der Waals surface area contributed by atoms with Crippen LogP contribution in [0.1, 0.15) is 24.5 Å². The Morgan fingerprint density at radius 3 is 2.20 bits per heavy atom. The average Bonchev–Trinajstić information content (AvgIpc) is 2.88. The summed E-state index contributed by atoms with van der Waals surface area (Å²) in [5.74, 6) is -4.77. The maximum atomic E-state index is 15.0. The van der Waals surface area contributed by atoms with Gasteiger partial charge in [0.05, 0.1) is 32.7 Å². The van der Waals surface area contributed by atoms with Gasteiger partial charge in [0.2, 0.25) is 22.3 Å². The number of benzene rings is 2. The van der Waals surface area contributed by atoms with Gasteiger partial charge in [0.15, 0.2) is 0 Å². The molecule has 0 aliphatic heterocycles. The first-order valence-corrected chi connectivity index (χ1v) is 13.8. The van der Waals surface area contributed by atoms with Crippen LogP contribution in [0.4, 0.5) is 28.9 Å². The molecule has 0 bridgehead atoms. The second-order valence-electron chi connectivity index (χ2n) is 8.48. The third kappa shape index (κ3) is 7.96. The molecule has 0 unspecified atom stereocenters. The van der Waals surface area contributed by atoms with E-state index in [0.29, 0.717) is 22.6 Å². The van der Waals surface area contributed by atoms with Crippen molar-refractivity contribution in [3.8, 4) is 6.07 Å². The normalized spacial score (nSPS) is 12.0. The third-order valence-corrected chi connectivity index (χ3v) is 7.95. The van der Waals surface area contributed by atoms with Crippen LogP contribution in [0, 0.1) is 17.1 Å². The molecule has 0 heterocycles. The molecule has 9 nitrogen and oxygen atoms in total. The van der Waals surface area contributed by atoms with Gasteiger partial charge in [-0.25, -0.2) is 22.0 Å². The minimum Gasteiger partial charge on any atom is -0.373 e. The second-order valence-corrected chi connectivity index (χ2v) is 11.4. The predicted octanol–water partition coefficient (Wildman–Crippen LogP) is 4.82. The Kier molecular flexibility index (Phi) is 10.9. The summed E-state index contributed by atoms with van der Waals surface area (Å²) in [6.45, 7) is 1.19. The van der Waals surface area contributed by atoms with Gasteiger partial charge in [-0.05, 0) is 43.2 Å². The number of amides is 3. The maximum absolute atomic E-state index is 15.0. The van der Waals surface area contributed by atoms with Gasteiger partial charge in [0, 0.05) is 26.6 Å². The van der Waals surface area contributed by atoms with Crippen LogP contribution >= 0.6 is 23.2 Å². The number of imide groups is 1. The smallest absolute Gasteiger partial charge is 0.373 e. The van der Waals surface area contributed by atoms with Crippen LogP contribution < -0.4 is 9.21 Å². The van der Waals surface area contributed by atoms with E-state index in [9.17, 15) is 45.6 Å². The lowest BCUT2D eigenvalue weighted by Gasteiger charge is -2.25. The molecular weight excluding hydrogens is 615 g/mol. The number of nitriles is 1. The predicted molar refractivity (Wildman–Crippen MR) is 144 cm³/mol. The fourth-order valence-electron chi connectivity index (χ4n) is 3.49. The van der Waals surface area contributed by atoms with Crippen molar-refractivity contribution in [2.24, 2.45) is 0 Å². The summed E-state index contributed by atoms with van der Waals surface area (Å²) >= 11 is 11.8. The Hall–Kier alpha value is -3.67. The fourth-order valence-corrected chi connectivity index (χ4v) is 4.92. The molecule has 0 N–H and O–H groups in total. The van der Waals surface area contributed by atoms with Gasteiger partial charge in [-0.3, -0.25) is 14.4 Å². The van der Waals surface area contributed by atoms with Crippen molar-refractivity contribution < 1.29 is 40.4 Å². The number of halogens is 6. The van der Waals surface area contributed by atoms with Crippen LogP contribution in [0.3, 0.4) is 0 Å². The summed E-state index contributed by atoms with van der Waals surface area (Å²) in [5.41, 5.74) is -3.34. The quantitative estimate of drug-likeness (QED) is 0.208. The lowest BCUT2D eigenvalue weighted by atomic mass is 10.1. The molecule has 0 aromatic heterocycles. The Labute approximate surface area is 243 Å². The highest BCUT2D eigenvalue weighted by molar-refractivity contribution is 7.93. The zero-order valence-corrected chi connectivity index (χ0v) is 24.0. The molecule has 220 valence electrons. The van der Waals surface area contributed by atoms with Crippen molar-refractivity contribution in [1.29, 1.82) is 5.26 Å². The number of anilines is 2. The topological polar surface area (TPSA) is 119 Å². The molecular formula is C25H22Cl2F4N4O5S. The van der Waals surface area contributed by atoms with Crippen molar-refractivity contribution in [2.75, 3.05) is 29.1 Å². The van der Waals surface area contributed by atoms with E-state index in [-0.39, 0.29) is 38.2 Å². The highest BCUT2D eigenvalue weighted by Crippen LogP contribution is 2.33. The Bertz CT molecular complexity index is 1540. The SMILES string of the molecule is CCS(=O)(=O)N(C(=O)CCc1ccc(Cl)c(Cl)c1)c1cc(N(C=O)C(=O)/C=C(\N(C)C)C(F)(F)F)c(F)cc1C#N. The first kappa shape index (κ1) is 33.5. The molecule has 3 amide bonds. The molecule has 2 aromatic carbocycles. The summed E-state index contributed by atoms with van der Waals surface area (Å²) in [7, 11) is -2.53. The number of carbonyl (C=O) groups excluding carboxylic acids is 3. The first-order chi connectivity index (χ1) is 19.0. The standard InChI is InChI=1S/C25H22Cl2F4N4O5S/c1-4-41(39,40)35(23(37)8-6-15-5-7-17(26)18(27)9-15)20-11-21(19(28)10-16(20)13-32)34(14-36)24(38)12-22(33(2)3)25(29,30)31/h5,7,9-12,14H,4,6,8H2,1-3H3/b22-12-. The lowest BCUT2D eigenvalue weighted by molar-refractivity contribution is -0.121. The lowest BCUT2D eigenvalue weighted by Crippen LogP contribution is -2.39. The number of alkyl halides is 3. The van der Waals surface area contributed by atoms with Crippen molar-refractivity contribution >= 4 is 62.8 Å². The van der Waals surface area contributed by atoms with Crippen molar-refractivity contribution in [1.82, 2.24) is 4.90 Å². The van der Waals surface area contributed by atoms with E-state index in [1.54, 1.807) is 12.1 Å². The number of allylic oxidation sites excluding steroid dienone is 1. The second kappa shape index (κ2) is 13.3. The molecule has 0 saturated heterocycles. The van der Waals surface area contributed by atoms with E-state index in [4.69, 9.17) is 23.2 Å². The van der Waals surface area contributed by atoms with E-state index < -0.39 is 68.6 Å². The number of hydrogen-bond donors (Lipinski definition) is 0. The van der Waals surface area contributed by atoms with Gasteiger partial charge in [-0.1, -0.05) is 29.3 Å². The van der Waals surface area contributed by atoms with Crippen LogP contribution in [-0.2, 0) is 30.8 Å². The van der Waals surface area contributed by atoms with Crippen molar-refractivity contribution in [3.63, 3.8) is 0 Å². The maximum Gasteiger partial charge on any atom is 0.431 e. The monoisotopic (exact) mass is 636 g/mol. The molecule has 41 heavy (non-hydrogen) atoms. The zero-order valence-electron chi connectivity index (χ0n) is 21.7. The zero-order chi connectivity index (χ0) is 31.3. The molecule has 0 aliphatic rings. The fraction of sp³-hybridized carbons (Fsp3) is 0.280. The number of carbonyl (C=O) groups is 3. The van der Waals surface area contributed by atoms with Gasteiger partial charge < -0.3 is 4.90 Å². The first-order valence-electron chi connectivity index (χ1n) is 11.5. The van der Waals surface area contributed by atoms with E-state index in [0.717, 1.165) is 14.1 Å². The van der Waals surface area contributed by atoms with Crippen LogP contribution in [0.25, 0.3) is 0 Å². The molecule has 0 aliphatic carbocycles. The Morgan fingerprint density at radius 2 is 1.71 bits per heavy atom. The van der Waals surface area contributed by atoms with E-state index in [2.05, 4.69) is 0 Å². The van der Waals surface area contributed by atoms with Gasteiger partial charge in [0.25, 0.3) is 5.91 Å². The Morgan fingerprint density at radius 1 is 1.07 bits per heavy atom. The van der Waals surface area contributed by atoms with Gasteiger partial charge in [-0.2, -0.15) is 18.4 Å². The number of aryl methyl sites for hydroxylation is 1. The van der Waals surface area contributed by atoms with Gasteiger partial charge in [-0.15, -0.1) is 0 Å². The molecule has 0 fully saturated rings. The summed E-state index contributed by atoms with van der Waals surface area (Å²) < 4.78 is 81.2. The van der Waals surface area contributed by atoms with E-state index in [1.807, 2.05) is 0 Å². The highest BCUT2D eigenvalue weighted by atomic mass is 35.5. The molecule has 0 radical (unpaired) electrons. The highest BCUT2D eigenvalue weighted by Gasteiger charge is 2.37. The summed E-state index contributed by atoms with van der Waals surface area (Å²) in [4.78, 5) is 38.2. The average molecular weight is 637 g/mol. The molecule has 2 rings (SSSR count). The van der Waals surface area contributed by atoms with Crippen LogP contribution in [0.15, 0.2) is 42.1 Å². The number of nitrogens with zero attached hydrogens (tertiary/aromatic N) is 4. The minimum atomic E-state index is -5.02. The summed E-state index contributed by atoms with van der Waals surface area (Å²) in [5, 5.41) is 10.00. The molecule has 0 saturated carbocycles. The van der Waals surface area contributed by atoms with Crippen LogP contribution in [-0.4, -0.2) is 57.6 Å². The van der Waals surface area contributed by atoms with Crippen LogP contribution in [0.5, 0.6) is 0 Å². The summed E-state index contributed by atoms with van der Waals surface area (Å²) in [6.07, 6.45) is -5.76. The largest absolute Gasteiger partial charge is 0.431 e. The number of hydrogen-bond acceptors (Lipinski definition) is 7. The van der Waals surface area contributed by atoms with E-state index in [1.165, 1.54) is 19.1 Å². The summed E-state index contributed by atoms with van der Waals surface area (Å²) in [6, 6.07) is 7.02. The van der Waals surface area contributed by atoms with Crippen molar-refractivity contribution in [2.45, 2.75) is 25.9 Å². The van der Waals surface area contributed by atoms with Crippen molar-refractivity contribution in [3.05, 3.63) is 69.1 Å². The Balaban J connectivity index is 2.66. The van der Waals surface area contributed by atoms with Crippen LogP contribution in [0.2, 0.25) is 10.0 Å².